The molecule has 0 aliphatic carbocycles. The zero-order chi connectivity index (χ0) is 12.2. The number of nitrogens with one attached hydrogen (secondary N) is 1. The van der Waals surface area contributed by atoms with Gasteiger partial charge >= 0.3 is 0 Å². The molecule has 3 nitrogen and oxygen atoms in total. The lowest BCUT2D eigenvalue weighted by molar-refractivity contribution is 0.220. The Morgan fingerprint density at radius 3 is 2.69 bits per heavy atom. The van der Waals surface area contributed by atoms with Crippen molar-refractivity contribution in [2.45, 2.75) is 20.3 Å². The van der Waals surface area contributed by atoms with Crippen LogP contribution in [0.5, 0.6) is 0 Å². The number of benzene rings is 1. The molecule has 0 aliphatic heterocycles. The van der Waals surface area contributed by atoms with E-state index in [9.17, 15) is 0 Å². The summed E-state index contributed by atoms with van der Waals surface area (Å²) in [5.74, 6) is 0. The second-order valence-electron chi connectivity index (χ2n) is 4.70. The number of aliphatic hydroxyl groups is 1. The van der Waals surface area contributed by atoms with Crippen molar-refractivity contribution >= 4 is 23.0 Å². The highest BCUT2D eigenvalue weighted by Crippen LogP contribution is 2.29. The maximum Gasteiger partial charge on any atom is 0.0763 e. The zero-order valence-corrected chi connectivity index (χ0v) is 10.5. The first kappa shape index (κ1) is 13.1. The van der Waals surface area contributed by atoms with Gasteiger partial charge in [-0.25, -0.2) is 0 Å². The summed E-state index contributed by atoms with van der Waals surface area (Å²) in [6.07, 6.45) is 0.740. The van der Waals surface area contributed by atoms with Gasteiger partial charge in [0.25, 0.3) is 0 Å². The van der Waals surface area contributed by atoms with Crippen LogP contribution in [-0.2, 0) is 0 Å². The van der Waals surface area contributed by atoms with Crippen molar-refractivity contribution in [3.05, 3.63) is 23.2 Å². The predicted octanol–water partition coefficient (Wildman–Crippen LogP) is 2.74. The van der Waals surface area contributed by atoms with Gasteiger partial charge in [0.2, 0.25) is 0 Å². The van der Waals surface area contributed by atoms with Crippen LogP contribution in [0.15, 0.2) is 18.2 Å². The van der Waals surface area contributed by atoms with Crippen LogP contribution in [0, 0.1) is 5.41 Å². The highest BCUT2D eigenvalue weighted by molar-refractivity contribution is 6.33. The Labute approximate surface area is 102 Å². The molecular formula is C12H19ClN2O. The molecule has 0 amide bonds. The van der Waals surface area contributed by atoms with Crippen LogP contribution < -0.4 is 11.1 Å². The van der Waals surface area contributed by atoms with Crippen molar-refractivity contribution in [3.63, 3.8) is 0 Å². The molecule has 4 heteroatoms. The third kappa shape index (κ3) is 3.58. The summed E-state index contributed by atoms with van der Waals surface area (Å²) in [5, 5.41) is 12.8. The van der Waals surface area contributed by atoms with E-state index in [1.165, 1.54) is 0 Å². The van der Waals surface area contributed by atoms with Gasteiger partial charge in [0.05, 0.1) is 16.4 Å². The Morgan fingerprint density at radius 1 is 1.44 bits per heavy atom. The second kappa shape index (κ2) is 5.41. The van der Waals surface area contributed by atoms with Gasteiger partial charge in [0.15, 0.2) is 0 Å². The number of aliphatic hydroxyl groups excluding tert-OH is 1. The average Bonchev–Trinajstić information content (AvgIpc) is 2.16. The fourth-order valence-corrected chi connectivity index (χ4v) is 1.69. The fourth-order valence-electron chi connectivity index (χ4n) is 1.45. The molecule has 1 aromatic rings. The fraction of sp³-hybridized carbons (Fsp3) is 0.500. The lowest BCUT2D eigenvalue weighted by Crippen LogP contribution is -2.24. The van der Waals surface area contributed by atoms with Crippen molar-refractivity contribution in [2.75, 3.05) is 24.2 Å². The molecule has 1 rings (SSSR count). The number of nitrogens with two attached hydrogens (primary N) is 1. The molecule has 0 saturated heterocycles. The van der Waals surface area contributed by atoms with E-state index in [0.717, 1.165) is 18.7 Å². The van der Waals surface area contributed by atoms with Gasteiger partial charge in [-0.3, -0.25) is 0 Å². The molecule has 0 aromatic heterocycles. The molecule has 1 aromatic carbocycles. The molecule has 0 atom stereocenters. The third-order valence-electron chi connectivity index (χ3n) is 2.58. The minimum Gasteiger partial charge on any atom is -0.397 e. The SMILES string of the molecule is CC(C)(CCO)CNc1c(N)cccc1Cl. The van der Waals surface area contributed by atoms with Crippen LogP contribution in [0.25, 0.3) is 0 Å². The largest absolute Gasteiger partial charge is 0.397 e. The maximum absolute atomic E-state index is 8.93. The Bertz CT molecular complexity index is 333. The number of nitrogen functional groups attached to an aromatic ring is 1. The molecule has 90 valence electrons. The Kier molecular flexibility index (Phi) is 4.44. The standard InChI is InChI=1S/C12H19ClN2O/c1-12(2,6-7-16)8-15-11-9(13)4-3-5-10(11)14/h3-5,15-16H,6-8,14H2,1-2H3. The van der Waals surface area contributed by atoms with Crippen molar-refractivity contribution < 1.29 is 5.11 Å². The monoisotopic (exact) mass is 242 g/mol. The minimum absolute atomic E-state index is 0.0142. The van der Waals surface area contributed by atoms with Gasteiger partial charge in [0, 0.05) is 13.2 Å². The molecule has 0 bridgehead atoms. The molecule has 0 heterocycles. The summed E-state index contributed by atoms with van der Waals surface area (Å²) in [4.78, 5) is 0. The van der Waals surface area contributed by atoms with Crippen molar-refractivity contribution in [2.24, 2.45) is 5.41 Å². The summed E-state index contributed by atoms with van der Waals surface area (Å²) in [7, 11) is 0. The average molecular weight is 243 g/mol. The predicted molar refractivity (Wildman–Crippen MR) is 69.8 cm³/mol. The molecular weight excluding hydrogens is 224 g/mol. The smallest absolute Gasteiger partial charge is 0.0763 e. The van der Waals surface area contributed by atoms with E-state index < -0.39 is 0 Å². The lowest BCUT2D eigenvalue weighted by atomic mass is 9.89. The molecule has 0 saturated carbocycles. The molecule has 0 fully saturated rings. The number of hydrogen-bond donors (Lipinski definition) is 3. The summed E-state index contributed by atoms with van der Waals surface area (Å²) >= 11 is 6.04. The molecule has 16 heavy (non-hydrogen) atoms. The normalized spacial score (nSPS) is 11.5. The van der Waals surface area contributed by atoms with E-state index in [1.54, 1.807) is 6.07 Å². The number of anilines is 2. The number of para-hydroxylation sites is 1. The van der Waals surface area contributed by atoms with Crippen LogP contribution in [0.1, 0.15) is 20.3 Å². The first-order valence-corrected chi connectivity index (χ1v) is 5.73. The number of hydrogen-bond acceptors (Lipinski definition) is 3. The maximum atomic E-state index is 8.93. The van der Waals surface area contributed by atoms with Crippen molar-refractivity contribution in [1.82, 2.24) is 0 Å². The second-order valence-corrected chi connectivity index (χ2v) is 5.10. The van der Waals surface area contributed by atoms with Crippen LogP contribution in [-0.4, -0.2) is 18.3 Å². The summed E-state index contributed by atoms with van der Waals surface area (Å²) in [5.41, 5.74) is 7.26. The van der Waals surface area contributed by atoms with Crippen LogP contribution in [0.4, 0.5) is 11.4 Å². The topological polar surface area (TPSA) is 58.3 Å². The highest BCUT2D eigenvalue weighted by Gasteiger charge is 2.17. The lowest BCUT2D eigenvalue weighted by Gasteiger charge is -2.25. The zero-order valence-electron chi connectivity index (χ0n) is 9.76. The quantitative estimate of drug-likeness (QED) is 0.696. The first-order valence-electron chi connectivity index (χ1n) is 5.35. The molecule has 4 N–H and O–H groups in total. The van der Waals surface area contributed by atoms with Gasteiger partial charge in [-0.15, -0.1) is 0 Å². The van der Waals surface area contributed by atoms with Crippen LogP contribution in [0.3, 0.4) is 0 Å². The van der Waals surface area contributed by atoms with Crippen molar-refractivity contribution in [3.8, 4) is 0 Å². The van der Waals surface area contributed by atoms with Crippen LogP contribution >= 0.6 is 11.6 Å². The van der Waals surface area contributed by atoms with E-state index in [-0.39, 0.29) is 12.0 Å². The van der Waals surface area contributed by atoms with Gasteiger partial charge in [-0.1, -0.05) is 31.5 Å². The van der Waals surface area contributed by atoms with Gasteiger partial charge < -0.3 is 16.2 Å². The van der Waals surface area contributed by atoms with Gasteiger partial charge in [-0.05, 0) is 24.0 Å². The number of halogens is 1. The number of rotatable bonds is 5. The first-order chi connectivity index (χ1) is 7.46. The van der Waals surface area contributed by atoms with Gasteiger partial charge in [-0.2, -0.15) is 0 Å². The highest BCUT2D eigenvalue weighted by atomic mass is 35.5. The molecule has 0 aliphatic rings. The summed E-state index contributed by atoms with van der Waals surface area (Å²) in [6, 6.07) is 5.44. The van der Waals surface area contributed by atoms with E-state index in [4.69, 9.17) is 22.4 Å². The summed E-state index contributed by atoms with van der Waals surface area (Å²) < 4.78 is 0. The molecule has 0 radical (unpaired) electrons. The van der Waals surface area contributed by atoms with E-state index >= 15 is 0 Å². The Morgan fingerprint density at radius 2 is 2.12 bits per heavy atom. The summed E-state index contributed by atoms with van der Waals surface area (Å²) in [6.45, 7) is 5.08. The van der Waals surface area contributed by atoms with Gasteiger partial charge in [0.1, 0.15) is 0 Å². The van der Waals surface area contributed by atoms with Crippen LogP contribution in [0.2, 0.25) is 5.02 Å². The van der Waals surface area contributed by atoms with E-state index in [0.29, 0.717) is 10.7 Å². The Balaban J connectivity index is 2.68. The van der Waals surface area contributed by atoms with E-state index in [1.807, 2.05) is 12.1 Å². The molecule has 0 unspecified atom stereocenters. The van der Waals surface area contributed by atoms with E-state index in [2.05, 4.69) is 19.2 Å². The molecule has 0 spiro atoms. The minimum atomic E-state index is 0.0142. The van der Waals surface area contributed by atoms with Crippen molar-refractivity contribution in [1.29, 1.82) is 0 Å². The Hall–Kier alpha value is -0.930. The third-order valence-corrected chi connectivity index (χ3v) is 2.89.